The highest BCUT2D eigenvalue weighted by atomic mass is 32.2. The van der Waals surface area contributed by atoms with Crippen molar-refractivity contribution < 1.29 is 22.7 Å². The van der Waals surface area contributed by atoms with E-state index in [-0.39, 0.29) is 32.2 Å². The SMILES string of the molecule is COc1ccc(Oc2nc3ccccn3c(=O)c2/C=C2/SC(=S)N(C3CCS(=O)(=O)C3)C2=O)cc1. The van der Waals surface area contributed by atoms with Crippen molar-refractivity contribution in [2.24, 2.45) is 0 Å². The molecule has 1 unspecified atom stereocenters. The Bertz CT molecular complexity index is 1550. The maximum atomic E-state index is 13.4. The highest BCUT2D eigenvalue weighted by molar-refractivity contribution is 8.26. The lowest BCUT2D eigenvalue weighted by molar-refractivity contribution is -0.123. The van der Waals surface area contributed by atoms with Crippen LogP contribution in [0.15, 0.2) is 58.4 Å². The fourth-order valence-electron chi connectivity index (χ4n) is 3.94. The number of aromatic nitrogens is 2. The number of thiocarbonyl (C=S) groups is 1. The summed E-state index contributed by atoms with van der Waals surface area (Å²) in [4.78, 5) is 32.6. The molecule has 35 heavy (non-hydrogen) atoms. The number of methoxy groups -OCH3 is 1. The zero-order chi connectivity index (χ0) is 24.7. The molecule has 0 saturated carbocycles. The Hall–Kier alpha value is -3.22. The number of fused-ring (bicyclic) bond motifs is 1. The Morgan fingerprint density at radius 1 is 1.14 bits per heavy atom. The summed E-state index contributed by atoms with van der Waals surface area (Å²) in [5.74, 6) is 0.552. The first-order valence-electron chi connectivity index (χ1n) is 10.6. The molecule has 12 heteroatoms. The molecule has 2 aliphatic heterocycles. The van der Waals surface area contributed by atoms with Crippen molar-refractivity contribution in [2.45, 2.75) is 12.5 Å². The van der Waals surface area contributed by atoms with E-state index in [0.29, 0.717) is 23.6 Å². The Morgan fingerprint density at radius 2 is 1.89 bits per heavy atom. The van der Waals surface area contributed by atoms with Crippen LogP contribution in [0.5, 0.6) is 17.4 Å². The number of thioether (sulfide) groups is 1. The quantitative estimate of drug-likeness (QED) is 0.364. The molecule has 0 aliphatic carbocycles. The van der Waals surface area contributed by atoms with Crippen LogP contribution in [0.1, 0.15) is 12.0 Å². The van der Waals surface area contributed by atoms with E-state index < -0.39 is 27.3 Å². The third kappa shape index (κ3) is 4.56. The lowest BCUT2D eigenvalue weighted by atomic mass is 10.2. The van der Waals surface area contributed by atoms with Crippen molar-refractivity contribution in [3.8, 4) is 17.4 Å². The van der Waals surface area contributed by atoms with Crippen molar-refractivity contribution in [3.05, 3.63) is 69.5 Å². The number of hydrogen-bond donors (Lipinski definition) is 0. The molecule has 2 fully saturated rings. The standard InChI is InChI=1S/C23H19N3O6S3/c1-31-15-5-7-16(8-6-15)32-20-17(21(27)25-10-3-2-4-19(25)24-20)12-18-22(28)26(23(33)34-18)14-9-11-35(29,30)13-14/h2-8,10,12,14H,9,11,13H2,1H3/b18-12+. The number of sulfone groups is 1. The molecular weight excluding hydrogens is 510 g/mol. The smallest absolute Gasteiger partial charge is 0.269 e. The molecule has 1 aromatic carbocycles. The number of hydrogen-bond acceptors (Lipinski definition) is 9. The summed E-state index contributed by atoms with van der Waals surface area (Å²) >= 11 is 6.41. The van der Waals surface area contributed by atoms with Gasteiger partial charge in [0, 0.05) is 6.20 Å². The van der Waals surface area contributed by atoms with Gasteiger partial charge >= 0.3 is 0 Å². The Morgan fingerprint density at radius 3 is 2.57 bits per heavy atom. The molecule has 2 aliphatic rings. The van der Waals surface area contributed by atoms with Crippen molar-refractivity contribution in [1.82, 2.24) is 14.3 Å². The Kier molecular flexibility index (Phi) is 6.11. The molecule has 2 saturated heterocycles. The largest absolute Gasteiger partial charge is 0.497 e. The van der Waals surface area contributed by atoms with Gasteiger partial charge in [0.2, 0.25) is 5.88 Å². The molecule has 180 valence electrons. The molecule has 2 aromatic heterocycles. The van der Waals surface area contributed by atoms with Crippen molar-refractivity contribution >= 4 is 55.8 Å². The van der Waals surface area contributed by atoms with E-state index in [0.717, 1.165) is 11.8 Å². The minimum atomic E-state index is -3.21. The molecule has 1 amide bonds. The van der Waals surface area contributed by atoms with Gasteiger partial charge in [-0.1, -0.05) is 30.0 Å². The van der Waals surface area contributed by atoms with Gasteiger partial charge in [0.15, 0.2) is 9.84 Å². The number of nitrogens with zero attached hydrogens (tertiary/aromatic N) is 3. The first kappa shape index (κ1) is 23.5. The summed E-state index contributed by atoms with van der Waals surface area (Å²) in [7, 11) is -1.66. The third-order valence-corrected chi connectivity index (χ3v) is 8.76. The Balaban J connectivity index is 1.56. The molecule has 0 radical (unpaired) electrons. The first-order chi connectivity index (χ1) is 16.8. The van der Waals surface area contributed by atoms with Gasteiger partial charge in [0.25, 0.3) is 11.5 Å². The number of rotatable bonds is 5. The van der Waals surface area contributed by atoms with Gasteiger partial charge in [-0.25, -0.2) is 8.42 Å². The van der Waals surface area contributed by atoms with Crippen LogP contribution < -0.4 is 15.0 Å². The van der Waals surface area contributed by atoms with Crippen molar-refractivity contribution in [3.63, 3.8) is 0 Å². The van der Waals surface area contributed by atoms with Gasteiger partial charge in [-0.2, -0.15) is 4.98 Å². The molecule has 0 spiro atoms. The van der Waals surface area contributed by atoms with E-state index >= 15 is 0 Å². The van der Waals surface area contributed by atoms with Crippen molar-refractivity contribution in [2.75, 3.05) is 18.6 Å². The summed E-state index contributed by atoms with van der Waals surface area (Å²) in [5.41, 5.74) is 0.0266. The van der Waals surface area contributed by atoms with Crippen LogP contribution in [0.4, 0.5) is 0 Å². The predicted octanol–water partition coefficient (Wildman–Crippen LogP) is 2.88. The third-order valence-electron chi connectivity index (χ3n) is 5.68. The fourth-order valence-corrected chi connectivity index (χ4v) is 7.03. The molecule has 0 bridgehead atoms. The van der Waals surface area contributed by atoms with Gasteiger partial charge in [0.05, 0.1) is 29.6 Å². The van der Waals surface area contributed by atoms with Gasteiger partial charge < -0.3 is 9.47 Å². The normalized spacial score (nSPS) is 20.7. The molecule has 1 atom stereocenters. The van der Waals surface area contributed by atoms with E-state index in [9.17, 15) is 18.0 Å². The summed E-state index contributed by atoms with van der Waals surface area (Å²) in [6.07, 6.45) is 3.32. The number of benzene rings is 1. The Labute approximate surface area is 210 Å². The van der Waals surface area contributed by atoms with Gasteiger partial charge in [-0.05, 0) is 48.9 Å². The molecule has 5 rings (SSSR count). The summed E-state index contributed by atoms with van der Waals surface area (Å²) in [6, 6.07) is 11.4. The first-order valence-corrected chi connectivity index (χ1v) is 13.6. The van der Waals surface area contributed by atoms with Crippen LogP contribution in [0.25, 0.3) is 11.7 Å². The van der Waals surface area contributed by atoms with Crippen LogP contribution in [0.3, 0.4) is 0 Å². The molecule has 4 heterocycles. The second-order valence-corrected chi connectivity index (χ2v) is 11.9. The number of pyridine rings is 1. The fraction of sp³-hybridized carbons (Fsp3) is 0.217. The highest BCUT2D eigenvalue weighted by Gasteiger charge is 2.42. The number of carbonyl (C=O) groups is 1. The lowest BCUT2D eigenvalue weighted by Gasteiger charge is -2.20. The topological polar surface area (TPSA) is 107 Å². The van der Waals surface area contributed by atoms with E-state index in [4.69, 9.17) is 21.7 Å². The number of ether oxygens (including phenoxy) is 2. The van der Waals surface area contributed by atoms with Gasteiger partial charge in [-0.15, -0.1) is 0 Å². The zero-order valence-electron chi connectivity index (χ0n) is 18.4. The average molecular weight is 530 g/mol. The molecule has 0 N–H and O–H groups in total. The van der Waals surface area contributed by atoms with Crippen LogP contribution in [0.2, 0.25) is 0 Å². The highest BCUT2D eigenvalue weighted by Crippen LogP contribution is 2.37. The second kappa shape index (κ2) is 9.10. The average Bonchev–Trinajstić information content (AvgIpc) is 3.33. The van der Waals surface area contributed by atoms with Crippen LogP contribution in [0, 0.1) is 0 Å². The van der Waals surface area contributed by atoms with Crippen LogP contribution in [-0.4, -0.2) is 57.6 Å². The van der Waals surface area contributed by atoms with Crippen LogP contribution >= 0.6 is 24.0 Å². The summed E-state index contributed by atoms with van der Waals surface area (Å²) < 4.78 is 36.6. The number of carbonyl (C=O) groups excluding carboxylic acids is 1. The van der Waals surface area contributed by atoms with Gasteiger partial charge in [-0.3, -0.25) is 18.9 Å². The van der Waals surface area contributed by atoms with E-state index in [2.05, 4.69) is 4.98 Å². The maximum absolute atomic E-state index is 13.4. The van der Waals surface area contributed by atoms with Crippen molar-refractivity contribution in [1.29, 1.82) is 0 Å². The minimum absolute atomic E-state index is 0.0174. The zero-order valence-corrected chi connectivity index (χ0v) is 20.9. The molecular formula is C23H19N3O6S3. The van der Waals surface area contributed by atoms with E-state index in [1.165, 1.54) is 15.4 Å². The van der Waals surface area contributed by atoms with E-state index in [1.54, 1.807) is 55.8 Å². The lowest BCUT2D eigenvalue weighted by Crippen LogP contribution is -2.39. The predicted molar refractivity (Wildman–Crippen MR) is 137 cm³/mol. The second-order valence-electron chi connectivity index (χ2n) is 7.95. The molecule has 9 nitrogen and oxygen atoms in total. The monoisotopic (exact) mass is 529 g/mol. The summed E-state index contributed by atoms with van der Waals surface area (Å²) in [5, 5.41) is 0. The van der Waals surface area contributed by atoms with Crippen LogP contribution in [-0.2, 0) is 14.6 Å². The maximum Gasteiger partial charge on any atom is 0.269 e. The minimum Gasteiger partial charge on any atom is -0.497 e. The van der Waals surface area contributed by atoms with E-state index in [1.807, 2.05) is 0 Å². The van der Waals surface area contributed by atoms with Gasteiger partial charge in [0.1, 0.15) is 27.0 Å². The molecule has 3 aromatic rings. The number of amides is 1. The summed E-state index contributed by atoms with van der Waals surface area (Å²) in [6.45, 7) is 0.